The van der Waals surface area contributed by atoms with Gasteiger partial charge in [-0.25, -0.2) is 4.39 Å². The Morgan fingerprint density at radius 1 is 1.17 bits per heavy atom. The van der Waals surface area contributed by atoms with E-state index in [1.807, 2.05) is 30.3 Å². The molecule has 1 unspecified atom stereocenters. The number of hydrogen-bond donors (Lipinski definition) is 1. The highest BCUT2D eigenvalue weighted by atomic mass is 19.1. The molecule has 0 amide bonds. The van der Waals surface area contributed by atoms with E-state index in [1.165, 1.54) is 0 Å². The van der Waals surface area contributed by atoms with Gasteiger partial charge in [-0.2, -0.15) is 0 Å². The predicted octanol–water partition coefficient (Wildman–Crippen LogP) is 3.19. The lowest BCUT2D eigenvalue weighted by atomic mass is 9.97. The van der Waals surface area contributed by atoms with Crippen molar-refractivity contribution in [2.75, 3.05) is 7.11 Å². The zero-order valence-electron chi connectivity index (χ0n) is 10.5. The summed E-state index contributed by atoms with van der Waals surface area (Å²) in [5.74, 6) is 0.476. The van der Waals surface area contributed by atoms with Crippen LogP contribution in [-0.2, 0) is 0 Å². The molecular weight excluding hydrogens is 229 g/mol. The van der Waals surface area contributed by atoms with Gasteiger partial charge in [0.15, 0.2) is 0 Å². The molecule has 3 heteroatoms. The molecule has 0 aliphatic rings. The lowest BCUT2D eigenvalue weighted by molar-refractivity contribution is 0.414. The molecule has 1 atom stereocenters. The predicted molar refractivity (Wildman–Crippen MR) is 70.2 cm³/mol. The van der Waals surface area contributed by atoms with Gasteiger partial charge >= 0.3 is 0 Å². The number of rotatable bonds is 3. The number of hydrogen-bond acceptors (Lipinski definition) is 2. The highest BCUT2D eigenvalue weighted by molar-refractivity contribution is 5.38. The molecule has 2 N–H and O–H groups in total. The van der Waals surface area contributed by atoms with Gasteiger partial charge in [-0.1, -0.05) is 30.3 Å². The Morgan fingerprint density at radius 2 is 1.89 bits per heavy atom. The van der Waals surface area contributed by atoms with Crippen molar-refractivity contribution in [3.05, 3.63) is 65.0 Å². The first-order valence-electron chi connectivity index (χ1n) is 5.78. The van der Waals surface area contributed by atoms with Crippen LogP contribution in [-0.4, -0.2) is 7.11 Å². The maximum Gasteiger partial charge on any atom is 0.131 e. The summed E-state index contributed by atoms with van der Waals surface area (Å²) in [6.07, 6.45) is 0. The summed E-state index contributed by atoms with van der Waals surface area (Å²) in [6.45, 7) is 1.73. The molecule has 2 aromatic carbocycles. The molecule has 0 saturated carbocycles. The molecular formula is C15H16FNO. The number of nitrogens with two attached hydrogens (primary N) is 1. The monoisotopic (exact) mass is 245 g/mol. The van der Waals surface area contributed by atoms with Crippen LogP contribution in [0.5, 0.6) is 5.75 Å². The van der Waals surface area contributed by atoms with E-state index in [9.17, 15) is 4.39 Å². The summed E-state index contributed by atoms with van der Waals surface area (Å²) >= 11 is 0. The van der Waals surface area contributed by atoms with Crippen molar-refractivity contribution in [3.63, 3.8) is 0 Å². The molecule has 2 nitrogen and oxygen atoms in total. The Bertz CT molecular complexity index is 554. The zero-order chi connectivity index (χ0) is 13.1. The molecule has 18 heavy (non-hydrogen) atoms. The van der Waals surface area contributed by atoms with E-state index < -0.39 is 6.04 Å². The summed E-state index contributed by atoms with van der Waals surface area (Å²) in [4.78, 5) is 0. The molecule has 0 spiro atoms. The fourth-order valence-electron chi connectivity index (χ4n) is 1.92. The second-order valence-corrected chi connectivity index (χ2v) is 4.23. The maximum atomic E-state index is 14.0. The molecule has 0 radical (unpaired) electrons. The number of halogens is 1. The summed E-state index contributed by atoms with van der Waals surface area (Å²) < 4.78 is 19.2. The highest BCUT2D eigenvalue weighted by Gasteiger charge is 2.15. The lowest BCUT2D eigenvalue weighted by Gasteiger charge is -2.15. The van der Waals surface area contributed by atoms with Gasteiger partial charge in [-0.3, -0.25) is 0 Å². The molecule has 2 aromatic rings. The minimum atomic E-state index is -0.486. The SMILES string of the molecule is COc1cccc(C(N)c2cccc(C)c2F)c1. The van der Waals surface area contributed by atoms with E-state index in [1.54, 1.807) is 26.2 Å². The summed E-state index contributed by atoms with van der Waals surface area (Å²) in [5.41, 5.74) is 8.05. The molecule has 0 aliphatic carbocycles. The van der Waals surface area contributed by atoms with Crippen LogP contribution in [0.15, 0.2) is 42.5 Å². The van der Waals surface area contributed by atoms with Crippen LogP contribution in [0.4, 0.5) is 4.39 Å². The third-order valence-electron chi connectivity index (χ3n) is 3.01. The van der Waals surface area contributed by atoms with Gasteiger partial charge in [0.05, 0.1) is 13.2 Å². The maximum absolute atomic E-state index is 14.0. The molecule has 94 valence electrons. The van der Waals surface area contributed by atoms with E-state index >= 15 is 0 Å². The zero-order valence-corrected chi connectivity index (χ0v) is 10.5. The van der Waals surface area contributed by atoms with Gasteiger partial charge < -0.3 is 10.5 Å². The average molecular weight is 245 g/mol. The van der Waals surface area contributed by atoms with E-state index in [0.717, 1.165) is 11.3 Å². The van der Waals surface area contributed by atoms with Crippen LogP contribution >= 0.6 is 0 Å². The van der Waals surface area contributed by atoms with Crippen molar-refractivity contribution in [2.45, 2.75) is 13.0 Å². The largest absolute Gasteiger partial charge is 0.497 e. The standard InChI is InChI=1S/C15H16FNO/c1-10-5-3-8-13(14(10)16)15(17)11-6-4-7-12(9-11)18-2/h3-9,15H,17H2,1-2H3. The van der Waals surface area contributed by atoms with Gasteiger partial charge in [0.25, 0.3) is 0 Å². The lowest BCUT2D eigenvalue weighted by Crippen LogP contribution is -2.14. The molecule has 0 aliphatic heterocycles. The fourth-order valence-corrected chi connectivity index (χ4v) is 1.92. The Kier molecular flexibility index (Phi) is 3.63. The average Bonchev–Trinajstić information content (AvgIpc) is 2.41. The second-order valence-electron chi connectivity index (χ2n) is 4.23. The Balaban J connectivity index is 2.41. The number of benzene rings is 2. The summed E-state index contributed by atoms with van der Waals surface area (Å²) in [5, 5.41) is 0. The van der Waals surface area contributed by atoms with Crippen LogP contribution in [0.1, 0.15) is 22.7 Å². The third-order valence-corrected chi connectivity index (χ3v) is 3.01. The van der Waals surface area contributed by atoms with Crippen molar-refractivity contribution in [3.8, 4) is 5.75 Å². The van der Waals surface area contributed by atoms with Crippen molar-refractivity contribution >= 4 is 0 Å². The van der Waals surface area contributed by atoms with Gasteiger partial charge in [-0.15, -0.1) is 0 Å². The van der Waals surface area contributed by atoms with Crippen molar-refractivity contribution in [1.82, 2.24) is 0 Å². The van der Waals surface area contributed by atoms with Crippen molar-refractivity contribution < 1.29 is 9.13 Å². The first-order chi connectivity index (χ1) is 8.63. The second kappa shape index (κ2) is 5.19. The quantitative estimate of drug-likeness (QED) is 0.901. The summed E-state index contributed by atoms with van der Waals surface area (Å²) in [7, 11) is 1.60. The Labute approximate surface area is 106 Å². The van der Waals surface area contributed by atoms with Crippen LogP contribution in [0, 0.1) is 12.7 Å². The van der Waals surface area contributed by atoms with Gasteiger partial charge in [0.2, 0.25) is 0 Å². The van der Waals surface area contributed by atoms with E-state index in [0.29, 0.717) is 11.1 Å². The first kappa shape index (κ1) is 12.6. The van der Waals surface area contributed by atoms with Gasteiger partial charge in [-0.05, 0) is 30.2 Å². The minimum absolute atomic E-state index is 0.243. The highest BCUT2D eigenvalue weighted by Crippen LogP contribution is 2.26. The van der Waals surface area contributed by atoms with Gasteiger partial charge in [0.1, 0.15) is 11.6 Å². The molecule has 0 bridgehead atoms. The number of ether oxygens (including phenoxy) is 1. The fraction of sp³-hybridized carbons (Fsp3) is 0.200. The van der Waals surface area contributed by atoms with Crippen LogP contribution in [0.2, 0.25) is 0 Å². The van der Waals surface area contributed by atoms with E-state index in [2.05, 4.69) is 0 Å². The summed E-state index contributed by atoms with van der Waals surface area (Å²) in [6, 6.07) is 12.2. The normalized spacial score (nSPS) is 12.2. The first-order valence-corrected chi connectivity index (χ1v) is 5.78. The Morgan fingerprint density at radius 3 is 2.61 bits per heavy atom. The molecule has 0 fully saturated rings. The molecule has 0 heterocycles. The van der Waals surface area contributed by atoms with Crippen molar-refractivity contribution in [1.29, 1.82) is 0 Å². The number of aryl methyl sites for hydroxylation is 1. The van der Waals surface area contributed by atoms with Crippen LogP contribution < -0.4 is 10.5 Å². The Hall–Kier alpha value is -1.87. The number of methoxy groups -OCH3 is 1. The van der Waals surface area contributed by atoms with E-state index in [-0.39, 0.29) is 5.82 Å². The minimum Gasteiger partial charge on any atom is -0.497 e. The molecule has 0 saturated heterocycles. The van der Waals surface area contributed by atoms with Crippen LogP contribution in [0.25, 0.3) is 0 Å². The molecule has 0 aromatic heterocycles. The third kappa shape index (κ3) is 2.36. The van der Waals surface area contributed by atoms with Gasteiger partial charge in [0, 0.05) is 5.56 Å². The molecule has 2 rings (SSSR count). The van der Waals surface area contributed by atoms with Crippen LogP contribution in [0.3, 0.4) is 0 Å². The van der Waals surface area contributed by atoms with E-state index in [4.69, 9.17) is 10.5 Å². The smallest absolute Gasteiger partial charge is 0.131 e. The topological polar surface area (TPSA) is 35.2 Å². The van der Waals surface area contributed by atoms with Crippen molar-refractivity contribution in [2.24, 2.45) is 5.73 Å².